The average molecular weight is 359 g/mol. The van der Waals surface area contributed by atoms with E-state index in [-0.39, 0.29) is 24.3 Å². The average Bonchev–Trinajstić information content (AvgIpc) is 3.39. The predicted octanol–water partition coefficient (Wildman–Crippen LogP) is 2.89. The highest BCUT2D eigenvalue weighted by atomic mass is 16.5. The fourth-order valence-corrected chi connectivity index (χ4v) is 4.80. The van der Waals surface area contributed by atoms with Gasteiger partial charge in [0.05, 0.1) is 0 Å². The van der Waals surface area contributed by atoms with Crippen LogP contribution in [0.25, 0.3) is 0 Å². The number of benzene rings is 2. The standard InChI is InChI=1S/C22H21N3O2/c1-22(23,20-24-18-14-8-4-2-6-12(14)10-16(18)26-20)21-25-19-15-9-5-3-7-13(15)11-17(19)27-21/h2-9,16-19H,10-11,23H2,1H3/t16-,17-,18+,19+/m0/s1. The van der Waals surface area contributed by atoms with Gasteiger partial charge in [-0.2, -0.15) is 0 Å². The number of aliphatic imine (C=N–C) groups is 2. The molecule has 2 aliphatic heterocycles. The van der Waals surface area contributed by atoms with Crippen molar-refractivity contribution in [2.45, 2.75) is 49.6 Å². The van der Waals surface area contributed by atoms with Crippen molar-refractivity contribution in [3.8, 4) is 0 Å². The number of hydrogen-bond acceptors (Lipinski definition) is 5. The minimum atomic E-state index is -0.946. The van der Waals surface area contributed by atoms with E-state index in [4.69, 9.17) is 25.2 Å². The van der Waals surface area contributed by atoms with Gasteiger partial charge in [-0.1, -0.05) is 48.5 Å². The Bertz CT molecular complexity index is 931. The van der Waals surface area contributed by atoms with Crippen LogP contribution in [0.5, 0.6) is 0 Å². The van der Waals surface area contributed by atoms with E-state index < -0.39 is 5.54 Å². The normalized spacial score (nSPS) is 29.9. The second-order valence-corrected chi connectivity index (χ2v) is 8.08. The summed E-state index contributed by atoms with van der Waals surface area (Å²) in [5.74, 6) is 1.08. The Morgan fingerprint density at radius 2 is 1.26 bits per heavy atom. The zero-order valence-electron chi connectivity index (χ0n) is 15.1. The van der Waals surface area contributed by atoms with Crippen LogP contribution in [-0.4, -0.2) is 29.5 Å². The SMILES string of the molecule is CC(N)(C1=N[C@@H]2c3ccccc3C[C@@H]2O1)C1=N[C@@H]2c3ccccc3C[C@@H]2O1. The van der Waals surface area contributed by atoms with Gasteiger partial charge in [-0.15, -0.1) is 0 Å². The molecule has 0 saturated carbocycles. The highest BCUT2D eigenvalue weighted by Crippen LogP contribution is 2.44. The van der Waals surface area contributed by atoms with Crippen LogP contribution in [0.3, 0.4) is 0 Å². The summed E-state index contributed by atoms with van der Waals surface area (Å²) in [6.07, 6.45) is 1.80. The molecule has 2 heterocycles. The van der Waals surface area contributed by atoms with Crippen molar-refractivity contribution in [3.63, 3.8) is 0 Å². The molecule has 2 N–H and O–H groups in total. The van der Waals surface area contributed by atoms with E-state index in [0.717, 1.165) is 12.8 Å². The van der Waals surface area contributed by atoms with Crippen LogP contribution in [0, 0.1) is 0 Å². The molecule has 2 aliphatic carbocycles. The molecule has 0 aromatic heterocycles. The molecule has 0 fully saturated rings. The summed E-state index contributed by atoms with van der Waals surface area (Å²) in [5, 5.41) is 0. The summed E-state index contributed by atoms with van der Waals surface area (Å²) in [7, 11) is 0. The molecule has 0 bridgehead atoms. The van der Waals surface area contributed by atoms with Crippen LogP contribution >= 0.6 is 0 Å². The molecule has 136 valence electrons. The number of nitrogens with two attached hydrogens (primary N) is 1. The molecule has 5 nitrogen and oxygen atoms in total. The van der Waals surface area contributed by atoms with Gasteiger partial charge in [0.15, 0.2) is 5.54 Å². The van der Waals surface area contributed by atoms with Gasteiger partial charge < -0.3 is 15.2 Å². The lowest BCUT2D eigenvalue weighted by molar-refractivity contribution is 0.179. The summed E-state index contributed by atoms with van der Waals surface area (Å²) in [6.45, 7) is 1.89. The molecule has 0 unspecified atom stereocenters. The zero-order valence-corrected chi connectivity index (χ0v) is 15.1. The lowest BCUT2D eigenvalue weighted by Gasteiger charge is -2.25. The molecule has 4 atom stereocenters. The van der Waals surface area contributed by atoms with Crippen molar-refractivity contribution < 1.29 is 9.47 Å². The van der Waals surface area contributed by atoms with E-state index in [1.165, 1.54) is 22.3 Å². The van der Waals surface area contributed by atoms with Gasteiger partial charge in [-0.05, 0) is 29.2 Å². The summed E-state index contributed by atoms with van der Waals surface area (Å²) in [4.78, 5) is 9.71. The minimum Gasteiger partial charge on any atom is -0.473 e. The molecule has 6 rings (SSSR count). The maximum absolute atomic E-state index is 6.66. The highest BCUT2D eigenvalue weighted by molar-refractivity contribution is 6.10. The Balaban J connectivity index is 1.32. The summed E-state index contributed by atoms with van der Waals surface area (Å²) in [6, 6.07) is 16.9. The first-order chi connectivity index (χ1) is 13.1. The summed E-state index contributed by atoms with van der Waals surface area (Å²) < 4.78 is 12.4. The molecule has 2 aromatic carbocycles. The number of hydrogen-bond donors (Lipinski definition) is 1. The van der Waals surface area contributed by atoms with E-state index in [1.807, 2.05) is 6.92 Å². The Hall–Kier alpha value is -2.66. The van der Waals surface area contributed by atoms with E-state index in [1.54, 1.807) is 0 Å². The third-order valence-corrected chi connectivity index (χ3v) is 6.22. The van der Waals surface area contributed by atoms with Crippen molar-refractivity contribution in [1.82, 2.24) is 0 Å². The monoisotopic (exact) mass is 359 g/mol. The van der Waals surface area contributed by atoms with E-state index >= 15 is 0 Å². The van der Waals surface area contributed by atoms with Crippen molar-refractivity contribution in [3.05, 3.63) is 70.8 Å². The lowest BCUT2D eigenvalue weighted by Crippen LogP contribution is -2.53. The number of nitrogens with zero attached hydrogens (tertiary/aromatic N) is 2. The molecule has 2 aromatic rings. The number of ether oxygens (including phenoxy) is 2. The minimum absolute atomic E-state index is 0.0290. The van der Waals surface area contributed by atoms with Crippen LogP contribution in [0.2, 0.25) is 0 Å². The van der Waals surface area contributed by atoms with Crippen molar-refractivity contribution in [1.29, 1.82) is 0 Å². The second kappa shape index (κ2) is 5.20. The van der Waals surface area contributed by atoms with Gasteiger partial charge in [-0.25, -0.2) is 9.98 Å². The molecule has 4 aliphatic rings. The fourth-order valence-electron chi connectivity index (χ4n) is 4.80. The maximum atomic E-state index is 6.66. The van der Waals surface area contributed by atoms with Crippen molar-refractivity contribution in [2.24, 2.45) is 15.7 Å². The molecular formula is C22H21N3O2. The van der Waals surface area contributed by atoms with Crippen LogP contribution in [0.1, 0.15) is 41.3 Å². The molecule has 0 spiro atoms. The zero-order chi connectivity index (χ0) is 18.2. The Morgan fingerprint density at radius 1 is 0.815 bits per heavy atom. The first-order valence-electron chi connectivity index (χ1n) is 9.55. The van der Waals surface area contributed by atoms with Gasteiger partial charge in [0.2, 0.25) is 11.8 Å². The van der Waals surface area contributed by atoms with Gasteiger partial charge in [-0.3, -0.25) is 0 Å². The molecule has 0 saturated heterocycles. The topological polar surface area (TPSA) is 69.2 Å². The van der Waals surface area contributed by atoms with Crippen molar-refractivity contribution in [2.75, 3.05) is 0 Å². The Morgan fingerprint density at radius 3 is 1.74 bits per heavy atom. The Kier molecular flexibility index (Phi) is 2.97. The quantitative estimate of drug-likeness (QED) is 0.896. The first-order valence-corrected chi connectivity index (χ1v) is 9.55. The second-order valence-electron chi connectivity index (χ2n) is 8.08. The van der Waals surface area contributed by atoms with E-state index in [0.29, 0.717) is 11.8 Å². The van der Waals surface area contributed by atoms with Crippen LogP contribution in [0.15, 0.2) is 58.5 Å². The molecule has 5 heteroatoms. The predicted molar refractivity (Wildman–Crippen MR) is 103 cm³/mol. The number of rotatable bonds is 2. The van der Waals surface area contributed by atoms with Gasteiger partial charge >= 0.3 is 0 Å². The molecule has 0 radical (unpaired) electrons. The lowest BCUT2D eigenvalue weighted by atomic mass is 10.0. The van der Waals surface area contributed by atoms with Gasteiger partial charge in [0.1, 0.15) is 24.3 Å². The van der Waals surface area contributed by atoms with E-state index in [9.17, 15) is 0 Å². The highest BCUT2D eigenvalue weighted by Gasteiger charge is 2.50. The smallest absolute Gasteiger partial charge is 0.214 e. The molecule has 0 amide bonds. The first kappa shape index (κ1) is 15.4. The van der Waals surface area contributed by atoms with Crippen molar-refractivity contribution >= 4 is 11.8 Å². The molecule has 27 heavy (non-hydrogen) atoms. The number of fused-ring (bicyclic) bond motifs is 6. The van der Waals surface area contributed by atoms with E-state index in [2.05, 4.69) is 48.5 Å². The van der Waals surface area contributed by atoms with Crippen LogP contribution < -0.4 is 5.73 Å². The third kappa shape index (κ3) is 2.09. The van der Waals surface area contributed by atoms with Crippen LogP contribution in [-0.2, 0) is 22.3 Å². The fraction of sp³-hybridized carbons (Fsp3) is 0.364. The third-order valence-electron chi connectivity index (χ3n) is 6.22. The van der Waals surface area contributed by atoms with Gasteiger partial charge in [0, 0.05) is 12.8 Å². The summed E-state index contributed by atoms with van der Waals surface area (Å²) in [5.41, 5.74) is 10.8. The van der Waals surface area contributed by atoms with Gasteiger partial charge in [0.25, 0.3) is 0 Å². The maximum Gasteiger partial charge on any atom is 0.214 e. The Labute approximate surface area is 157 Å². The molecular weight excluding hydrogens is 338 g/mol. The largest absolute Gasteiger partial charge is 0.473 e. The van der Waals surface area contributed by atoms with Crippen LogP contribution in [0.4, 0.5) is 0 Å². The summed E-state index contributed by atoms with van der Waals surface area (Å²) >= 11 is 0.